The molecule has 0 saturated heterocycles. The van der Waals surface area contributed by atoms with Gasteiger partial charge in [0.05, 0.1) is 0 Å². The lowest BCUT2D eigenvalue weighted by atomic mass is 9.73. The van der Waals surface area contributed by atoms with Gasteiger partial charge in [0.25, 0.3) is 0 Å². The molecule has 2 aliphatic rings. The minimum Gasteiger partial charge on any atom is -0.0890 e. The third-order valence-corrected chi connectivity index (χ3v) is 4.32. The molecule has 64 valence electrons. The van der Waals surface area contributed by atoms with Crippen LogP contribution in [0.5, 0.6) is 0 Å². The highest BCUT2D eigenvalue weighted by Gasteiger charge is 2.37. The standard InChI is InChI=1S/C10H17Br/c11-9-4-3-7-10(8-9)5-1-2-6-10/h9H,1-8H2. The summed E-state index contributed by atoms with van der Waals surface area (Å²) in [6.45, 7) is 0. The van der Waals surface area contributed by atoms with Crippen LogP contribution >= 0.6 is 15.9 Å². The van der Waals surface area contributed by atoms with Gasteiger partial charge in [0, 0.05) is 4.83 Å². The van der Waals surface area contributed by atoms with Crippen LogP contribution in [0.3, 0.4) is 0 Å². The molecule has 2 rings (SSSR count). The van der Waals surface area contributed by atoms with Crippen molar-refractivity contribution in [1.29, 1.82) is 0 Å². The Bertz CT molecular complexity index is 136. The Hall–Kier alpha value is 0.480. The van der Waals surface area contributed by atoms with Crippen molar-refractivity contribution in [2.24, 2.45) is 5.41 Å². The summed E-state index contributed by atoms with van der Waals surface area (Å²) in [5, 5.41) is 0. The summed E-state index contributed by atoms with van der Waals surface area (Å²) in [6.07, 6.45) is 11.9. The summed E-state index contributed by atoms with van der Waals surface area (Å²) in [7, 11) is 0. The van der Waals surface area contributed by atoms with Crippen molar-refractivity contribution in [1.82, 2.24) is 0 Å². The van der Waals surface area contributed by atoms with E-state index in [1.165, 1.54) is 51.4 Å². The molecule has 0 radical (unpaired) electrons. The molecule has 0 amide bonds. The Balaban J connectivity index is 2.00. The van der Waals surface area contributed by atoms with Crippen molar-refractivity contribution < 1.29 is 0 Å². The SMILES string of the molecule is BrC1CCCC2(CCCC2)C1. The Labute approximate surface area is 77.9 Å². The first kappa shape index (κ1) is 8.10. The van der Waals surface area contributed by atoms with Gasteiger partial charge in [-0.3, -0.25) is 0 Å². The van der Waals surface area contributed by atoms with Crippen LogP contribution in [0.4, 0.5) is 0 Å². The van der Waals surface area contributed by atoms with Crippen LogP contribution in [0.2, 0.25) is 0 Å². The van der Waals surface area contributed by atoms with Crippen molar-refractivity contribution in [3.63, 3.8) is 0 Å². The number of hydrogen-bond donors (Lipinski definition) is 0. The number of rotatable bonds is 0. The fraction of sp³-hybridized carbons (Fsp3) is 1.00. The van der Waals surface area contributed by atoms with Crippen LogP contribution in [0.1, 0.15) is 51.4 Å². The van der Waals surface area contributed by atoms with Gasteiger partial charge in [-0.2, -0.15) is 0 Å². The lowest BCUT2D eigenvalue weighted by Crippen LogP contribution is -2.25. The second-order valence-corrected chi connectivity index (χ2v) is 5.70. The lowest BCUT2D eigenvalue weighted by molar-refractivity contribution is 0.204. The molecular formula is C10H17Br. The van der Waals surface area contributed by atoms with Crippen LogP contribution in [-0.4, -0.2) is 4.83 Å². The molecule has 1 atom stereocenters. The second-order valence-electron chi connectivity index (χ2n) is 4.40. The first-order chi connectivity index (χ1) is 5.31. The van der Waals surface area contributed by atoms with Gasteiger partial charge >= 0.3 is 0 Å². The number of alkyl halides is 1. The molecular weight excluding hydrogens is 200 g/mol. The Kier molecular flexibility index (Phi) is 2.27. The number of halogens is 1. The molecule has 0 N–H and O–H groups in total. The summed E-state index contributed by atoms with van der Waals surface area (Å²) in [5.74, 6) is 0. The zero-order valence-electron chi connectivity index (χ0n) is 7.11. The van der Waals surface area contributed by atoms with Crippen LogP contribution in [0.15, 0.2) is 0 Å². The largest absolute Gasteiger partial charge is 0.0890 e. The van der Waals surface area contributed by atoms with Crippen LogP contribution in [0.25, 0.3) is 0 Å². The van der Waals surface area contributed by atoms with E-state index in [-0.39, 0.29) is 0 Å². The Morgan fingerprint density at radius 3 is 2.27 bits per heavy atom. The van der Waals surface area contributed by atoms with Gasteiger partial charge in [-0.25, -0.2) is 0 Å². The predicted octanol–water partition coefficient (Wildman–Crippen LogP) is 3.88. The molecule has 0 aromatic rings. The van der Waals surface area contributed by atoms with Crippen molar-refractivity contribution in [2.75, 3.05) is 0 Å². The topological polar surface area (TPSA) is 0 Å². The van der Waals surface area contributed by atoms with Crippen molar-refractivity contribution in [3.05, 3.63) is 0 Å². The van der Waals surface area contributed by atoms with Gasteiger partial charge in [-0.05, 0) is 37.5 Å². The predicted molar refractivity (Wildman–Crippen MR) is 52.1 cm³/mol. The van der Waals surface area contributed by atoms with Gasteiger partial charge in [-0.15, -0.1) is 0 Å². The molecule has 1 unspecified atom stereocenters. The Morgan fingerprint density at radius 1 is 1.00 bits per heavy atom. The van der Waals surface area contributed by atoms with E-state index < -0.39 is 0 Å². The third kappa shape index (κ3) is 1.63. The zero-order valence-corrected chi connectivity index (χ0v) is 8.70. The molecule has 2 saturated carbocycles. The molecule has 2 fully saturated rings. The van der Waals surface area contributed by atoms with E-state index in [0.29, 0.717) is 0 Å². The van der Waals surface area contributed by atoms with E-state index in [0.717, 1.165) is 10.2 Å². The van der Waals surface area contributed by atoms with Crippen LogP contribution < -0.4 is 0 Å². The molecule has 2 aliphatic carbocycles. The molecule has 0 bridgehead atoms. The second kappa shape index (κ2) is 3.08. The normalized spacial score (nSPS) is 36.3. The minimum atomic E-state index is 0.798. The summed E-state index contributed by atoms with van der Waals surface area (Å²) >= 11 is 3.77. The molecule has 0 aliphatic heterocycles. The highest BCUT2D eigenvalue weighted by atomic mass is 79.9. The smallest absolute Gasteiger partial charge is 0.0151 e. The lowest BCUT2D eigenvalue weighted by Gasteiger charge is -2.35. The van der Waals surface area contributed by atoms with Gasteiger partial charge in [0.2, 0.25) is 0 Å². The van der Waals surface area contributed by atoms with E-state index in [9.17, 15) is 0 Å². The van der Waals surface area contributed by atoms with Gasteiger partial charge in [0.1, 0.15) is 0 Å². The first-order valence-electron chi connectivity index (χ1n) is 4.95. The highest BCUT2D eigenvalue weighted by Crippen LogP contribution is 2.50. The fourth-order valence-electron chi connectivity index (χ4n) is 2.95. The van der Waals surface area contributed by atoms with E-state index in [1.54, 1.807) is 0 Å². The first-order valence-corrected chi connectivity index (χ1v) is 5.86. The van der Waals surface area contributed by atoms with Crippen molar-refractivity contribution >= 4 is 15.9 Å². The monoisotopic (exact) mass is 216 g/mol. The van der Waals surface area contributed by atoms with E-state index in [1.807, 2.05) is 0 Å². The Morgan fingerprint density at radius 2 is 1.64 bits per heavy atom. The van der Waals surface area contributed by atoms with Crippen LogP contribution in [-0.2, 0) is 0 Å². The van der Waals surface area contributed by atoms with Gasteiger partial charge in [0.15, 0.2) is 0 Å². The number of hydrogen-bond acceptors (Lipinski definition) is 0. The summed E-state index contributed by atoms with van der Waals surface area (Å²) in [6, 6.07) is 0. The minimum absolute atomic E-state index is 0.798. The summed E-state index contributed by atoms with van der Waals surface area (Å²) < 4.78 is 0. The molecule has 0 aromatic heterocycles. The maximum Gasteiger partial charge on any atom is 0.0151 e. The quantitative estimate of drug-likeness (QED) is 0.540. The van der Waals surface area contributed by atoms with Gasteiger partial charge in [-0.1, -0.05) is 35.2 Å². The van der Waals surface area contributed by atoms with Crippen molar-refractivity contribution in [2.45, 2.75) is 56.2 Å². The summed E-state index contributed by atoms with van der Waals surface area (Å²) in [4.78, 5) is 0.842. The average Bonchev–Trinajstić information content (AvgIpc) is 2.37. The van der Waals surface area contributed by atoms with E-state index >= 15 is 0 Å². The average molecular weight is 217 g/mol. The molecule has 1 spiro atoms. The zero-order chi connectivity index (χ0) is 7.73. The molecule has 0 aromatic carbocycles. The summed E-state index contributed by atoms with van der Waals surface area (Å²) in [5.41, 5.74) is 0.798. The van der Waals surface area contributed by atoms with Gasteiger partial charge < -0.3 is 0 Å². The van der Waals surface area contributed by atoms with E-state index in [2.05, 4.69) is 15.9 Å². The molecule has 0 nitrogen and oxygen atoms in total. The van der Waals surface area contributed by atoms with E-state index in [4.69, 9.17) is 0 Å². The highest BCUT2D eigenvalue weighted by molar-refractivity contribution is 9.09. The maximum atomic E-state index is 3.77. The van der Waals surface area contributed by atoms with Crippen molar-refractivity contribution in [3.8, 4) is 0 Å². The molecule has 11 heavy (non-hydrogen) atoms. The molecule has 0 heterocycles. The maximum absolute atomic E-state index is 3.77. The van der Waals surface area contributed by atoms with Crippen LogP contribution in [0, 0.1) is 5.41 Å². The fourth-order valence-corrected chi connectivity index (χ4v) is 3.96. The molecule has 1 heteroatoms. The third-order valence-electron chi connectivity index (χ3n) is 3.54.